The van der Waals surface area contributed by atoms with Crippen molar-refractivity contribution < 1.29 is 14.3 Å². The highest BCUT2D eigenvalue weighted by Gasteiger charge is 2.25. The summed E-state index contributed by atoms with van der Waals surface area (Å²) in [5.41, 5.74) is 1.06. The summed E-state index contributed by atoms with van der Waals surface area (Å²) in [5.74, 6) is -0.256. The Morgan fingerprint density at radius 3 is 2.80 bits per heavy atom. The number of aromatic nitrogens is 2. The zero-order valence-electron chi connectivity index (χ0n) is 15.3. The summed E-state index contributed by atoms with van der Waals surface area (Å²) < 4.78 is 5.65. The summed E-state index contributed by atoms with van der Waals surface area (Å²) >= 11 is 0. The van der Waals surface area contributed by atoms with Crippen LogP contribution in [0, 0.1) is 6.92 Å². The molecule has 7 heteroatoms. The second-order valence-electron chi connectivity index (χ2n) is 6.56. The van der Waals surface area contributed by atoms with Crippen LogP contribution in [0.25, 0.3) is 0 Å². The summed E-state index contributed by atoms with van der Waals surface area (Å²) in [6.45, 7) is 7.36. The van der Waals surface area contributed by atoms with E-state index in [1.165, 1.54) is 6.20 Å². The first-order chi connectivity index (χ1) is 12.0. The molecule has 0 aromatic carbocycles. The number of carbonyl (C=O) groups is 2. The molecule has 7 nitrogen and oxygen atoms in total. The molecule has 25 heavy (non-hydrogen) atoms. The topological polar surface area (TPSA) is 84.4 Å². The van der Waals surface area contributed by atoms with E-state index in [1.54, 1.807) is 11.1 Å². The maximum Gasteiger partial charge on any atom is 0.274 e. The Morgan fingerprint density at radius 2 is 2.20 bits per heavy atom. The van der Waals surface area contributed by atoms with E-state index >= 15 is 0 Å². The van der Waals surface area contributed by atoms with Crippen molar-refractivity contribution in [2.24, 2.45) is 0 Å². The zero-order valence-corrected chi connectivity index (χ0v) is 15.3. The molecule has 138 valence electrons. The Bertz CT molecular complexity index is 570. The lowest BCUT2D eigenvalue weighted by atomic mass is 10.2. The average Bonchev–Trinajstić information content (AvgIpc) is 3.11. The molecule has 1 fully saturated rings. The van der Waals surface area contributed by atoms with Crippen LogP contribution in [0.1, 0.15) is 55.7 Å². The van der Waals surface area contributed by atoms with Gasteiger partial charge in [-0.2, -0.15) is 0 Å². The first kappa shape index (κ1) is 19.3. The normalized spacial score (nSPS) is 18.0. The largest absolute Gasteiger partial charge is 0.376 e. The molecule has 2 atom stereocenters. The van der Waals surface area contributed by atoms with E-state index in [2.05, 4.69) is 15.3 Å². The SMILES string of the molecule is CC[C@H](C)NC(=O)CCN(C[C@@H]1CCCO1)C(=O)c1cnc(C)cn1. The predicted molar refractivity (Wildman–Crippen MR) is 94.2 cm³/mol. The summed E-state index contributed by atoms with van der Waals surface area (Å²) in [6.07, 6.45) is 6.17. The van der Waals surface area contributed by atoms with Gasteiger partial charge in [-0.3, -0.25) is 14.6 Å². The van der Waals surface area contributed by atoms with Crippen LogP contribution >= 0.6 is 0 Å². The fraction of sp³-hybridized carbons (Fsp3) is 0.667. The number of carbonyl (C=O) groups excluding carboxylic acids is 2. The maximum atomic E-state index is 12.8. The molecule has 0 bridgehead atoms. The monoisotopic (exact) mass is 348 g/mol. The Kier molecular flexibility index (Phi) is 7.31. The molecule has 2 rings (SSSR count). The molecule has 0 radical (unpaired) electrons. The molecule has 0 spiro atoms. The van der Waals surface area contributed by atoms with Gasteiger partial charge >= 0.3 is 0 Å². The zero-order chi connectivity index (χ0) is 18.2. The number of rotatable bonds is 8. The van der Waals surface area contributed by atoms with Crippen LogP contribution in [-0.2, 0) is 9.53 Å². The van der Waals surface area contributed by atoms with Gasteiger partial charge in [0.1, 0.15) is 5.69 Å². The molecule has 0 unspecified atom stereocenters. The third-order valence-corrected chi connectivity index (χ3v) is 4.36. The third kappa shape index (κ3) is 6.08. The average molecular weight is 348 g/mol. The van der Waals surface area contributed by atoms with Crippen molar-refractivity contribution in [1.82, 2.24) is 20.2 Å². The van der Waals surface area contributed by atoms with Crippen molar-refractivity contribution in [3.63, 3.8) is 0 Å². The summed E-state index contributed by atoms with van der Waals surface area (Å²) in [4.78, 5) is 34.8. The Morgan fingerprint density at radius 1 is 1.40 bits per heavy atom. The first-order valence-electron chi connectivity index (χ1n) is 8.98. The molecular formula is C18H28N4O3. The lowest BCUT2D eigenvalue weighted by Crippen LogP contribution is -2.41. The van der Waals surface area contributed by atoms with Gasteiger partial charge in [0, 0.05) is 38.4 Å². The third-order valence-electron chi connectivity index (χ3n) is 4.36. The second kappa shape index (κ2) is 9.46. The minimum Gasteiger partial charge on any atom is -0.376 e. The van der Waals surface area contributed by atoms with Crippen molar-refractivity contribution >= 4 is 11.8 Å². The van der Waals surface area contributed by atoms with E-state index in [0.29, 0.717) is 18.8 Å². The predicted octanol–water partition coefficient (Wildman–Crippen LogP) is 1.71. The van der Waals surface area contributed by atoms with Crippen LogP contribution < -0.4 is 5.32 Å². The molecule has 1 N–H and O–H groups in total. The van der Waals surface area contributed by atoms with Crippen LogP contribution in [0.3, 0.4) is 0 Å². The van der Waals surface area contributed by atoms with Crippen molar-refractivity contribution in [3.8, 4) is 0 Å². The van der Waals surface area contributed by atoms with E-state index in [9.17, 15) is 9.59 Å². The van der Waals surface area contributed by atoms with Crippen molar-refractivity contribution in [2.45, 2.75) is 58.6 Å². The fourth-order valence-corrected chi connectivity index (χ4v) is 2.66. The number of amides is 2. The van der Waals surface area contributed by atoms with Gasteiger partial charge in [-0.15, -0.1) is 0 Å². The van der Waals surface area contributed by atoms with Gasteiger partial charge in [0.15, 0.2) is 0 Å². The van der Waals surface area contributed by atoms with Gasteiger partial charge in [-0.1, -0.05) is 6.92 Å². The fourth-order valence-electron chi connectivity index (χ4n) is 2.66. The minimum absolute atomic E-state index is 0.0278. The smallest absolute Gasteiger partial charge is 0.274 e. The summed E-state index contributed by atoms with van der Waals surface area (Å²) in [5, 5.41) is 2.93. The molecule has 1 saturated heterocycles. The molecule has 1 aliphatic rings. The summed E-state index contributed by atoms with van der Waals surface area (Å²) in [7, 11) is 0. The molecule has 1 aliphatic heterocycles. The van der Waals surface area contributed by atoms with Gasteiger partial charge in [-0.05, 0) is 33.1 Å². The highest BCUT2D eigenvalue weighted by molar-refractivity contribution is 5.92. The van der Waals surface area contributed by atoms with E-state index in [0.717, 1.165) is 31.6 Å². The lowest BCUT2D eigenvalue weighted by Gasteiger charge is -2.25. The number of ether oxygens (including phenoxy) is 1. The number of hydrogen-bond acceptors (Lipinski definition) is 5. The van der Waals surface area contributed by atoms with Crippen molar-refractivity contribution in [3.05, 3.63) is 23.8 Å². The summed E-state index contributed by atoms with van der Waals surface area (Å²) in [6, 6.07) is 0.137. The van der Waals surface area contributed by atoms with Crippen LogP contribution in [0.15, 0.2) is 12.4 Å². The number of nitrogens with one attached hydrogen (secondary N) is 1. The van der Waals surface area contributed by atoms with Crippen molar-refractivity contribution in [1.29, 1.82) is 0 Å². The maximum absolute atomic E-state index is 12.8. The molecule has 1 aromatic rings. The van der Waals surface area contributed by atoms with Gasteiger partial charge < -0.3 is 15.0 Å². The molecule has 2 heterocycles. The molecule has 1 aromatic heterocycles. The van der Waals surface area contributed by atoms with Gasteiger partial charge in [-0.25, -0.2) is 4.98 Å². The number of nitrogens with zero attached hydrogens (tertiary/aromatic N) is 3. The molecule has 0 aliphatic carbocycles. The van der Waals surface area contributed by atoms with Crippen LogP contribution in [-0.4, -0.2) is 58.5 Å². The molecular weight excluding hydrogens is 320 g/mol. The van der Waals surface area contributed by atoms with E-state index in [4.69, 9.17) is 4.74 Å². The van der Waals surface area contributed by atoms with Gasteiger partial charge in [0.2, 0.25) is 5.91 Å². The molecule has 0 saturated carbocycles. The van der Waals surface area contributed by atoms with E-state index in [1.807, 2.05) is 20.8 Å². The molecule has 2 amide bonds. The standard InChI is InChI=1S/C18H28N4O3/c1-4-13(2)21-17(23)7-8-22(12-15-6-5-9-25-15)18(24)16-11-19-14(3)10-20-16/h10-11,13,15H,4-9,12H2,1-3H3,(H,21,23)/t13-,15-/m0/s1. The minimum atomic E-state index is -0.209. The highest BCUT2D eigenvalue weighted by Crippen LogP contribution is 2.15. The number of hydrogen-bond donors (Lipinski definition) is 1. The highest BCUT2D eigenvalue weighted by atomic mass is 16.5. The quantitative estimate of drug-likeness (QED) is 0.773. The Balaban J connectivity index is 2.00. The van der Waals surface area contributed by atoms with Gasteiger partial charge in [0.25, 0.3) is 5.91 Å². The van der Waals surface area contributed by atoms with E-state index < -0.39 is 0 Å². The number of aryl methyl sites for hydroxylation is 1. The lowest BCUT2D eigenvalue weighted by molar-refractivity contribution is -0.122. The Labute approximate surface area is 149 Å². The van der Waals surface area contributed by atoms with Crippen LogP contribution in [0.4, 0.5) is 0 Å². The van der Waals surface area contributed by atoms with E-state index in [-0.39, 0.29) is 30.4 Å². The van der Waals surface area contributed by atoms with Gasteiger partial charge in [0.05, 0.1) is 18.0 Å². The van der Waals surface area contributed by atoms with Crippen LogP contribution in [0.2, 0.25) is 0 Å². The Hall–Kier alpha value is -2.02. The van der Waals surface area contributed by atoms with Crippen molar-refractivity contribution in [2.75, 3.05) is 19.7 Å². The second-order valence-corrected chi connectivity index (χ2v) is 6.56. The first-order valence-corrected chi connectivity index (χ1v) is 8.98. The van der Waals surface area contributed by atoms with Crippen LogP contribution in [0.5, 0.6) is 0 Å².